The third kappa shape index (κ3) is 1.95. The van der Waals surface area contributed by atoms with Crippen LogP contribution in [0.2, 0.25) is 0 Å². The first-order chi connectivity index (χ1) is 6.74. The summed E-state index contributed by atoms with van der Waals surface area (Å²) in [4.78, 5) is 10.7. The number of H-pyrrole nitrogens is 1. The van der Waals surface area contributed by atoms with Crippen molar-refractivity contribution in [1.82, 2.24) is 10.2 Å². The zero-order chi connectivity index (χ0) is 10.0. The number of hydrogen-bond donors (Lipinski definition) is 2. The molecule has 0 radical (unpaired) electrons. The molecule has 0 unspecified atom stereocenters. The van der Waals surface area contributed by atoms with Crippen molar-refractivity contribution in [2.75, 3.05) is 11.9 Å². The van der Waals surface area contributed by atoms with E-state index >= 15 is 0 Å². The zero-order valence-corrected chi connectivity index (χ0v) is 8.34. The summed E-state index contributed by atoms with van der Waals surface area (Å²) >= 11 is 0. The predicted molar refractivity (Wildman–Crippen MR) is 55.3 cm³/mol. The largest absolute Gasteiger partial charge is 0.368 e. The molecule has 1 aliphatic carbocycles. The Morgan fingerprint density at radius 3 is 2.86 bits per heavy atom. The SMILES string of the molecule is CCC1(CNc2ccc(=O)[nH]n2)CC1. The molecule has 2 rings (SSSR count). The Bertz CT molecular complexity index is 347. The quantitative estimate of drug-likeness (QED) is 0.759. The molecular weight excluding hydrogens is 178 g/mol. The third-order valence-electron chi connectivity index (χ3n) is 3.03. The lowest BCUT2D eigenvalue weighted by Gasteiger charge is -2.13. The van der Waals surface area contributed by atoms with Gasteiger partial charge in [-0.1, -0.05) is 6.92 Å². The van der Waals surface area contributed by atoms with Crippen LogP contribution in [-0.2, 0) is 0 Å². The Morgan fingerprint density at radius 1 is 1.57 bits per heavy atom. The number of aromatic amines is 1. The molecule has 1 fully saturated rings. The van der Waals surface area contributed by atoms with Crippen molar-refractivity contribution in [2.24, 2.45) is 5.41 Å². The fraction of sp³-hybridized carbons (Fsp3) is 0.600. The van der Waals surface area contributed by atoms with E-state index < -0.39 is 0 Å². The van der Waals surface area contributed by atoms with Crippen LogP contribution in [0.15, 0.2) is 16.9 Å². The highest BCUT2D eigenvalue weighted by molar-refractivity contribution is 5.32. The van der Waals surface area contributed by atoms with Gasteiger partial charge in [0.1, 0.15) is 5.82 Å². The maximum absolute atomic E-state index is 10.7. The zero-order valence-electron chi connectivity index (χ0n) is 8.34. The Hall–Kier alpha value is -1.32. The first-order valence-corrected chi connectivity index (χ1v) is 5.04. The number of anilines is 1. The van der Waals surface area contributed by atoms with Gasteiger partial charge >= 0.3 is 0 Å². The van der Waals surface area contributed by atoms with Crippen LogP contribution in [-0.4, -0.2) is 16.7 Å². The molecule has 2 N–H and O–H groups in total. The van der Waals surface area contributed by atoms with Gasteiger partial charge in [-0.15, -0.1) is 0 Å². The summed E-state index contributed by atoms with van der Waals surface area (Å²) in [6.45, 7) is 3.18. The maximum Gasteiger partial charge on any atom is 0.264 e. The molecular formula is C10H15N3O. The molecule has 0 aromatic carbocycles. The van der Waals surface area contributed by atoms with Gasteiger partial charge in [0.05, 0.1) is 0 Å². The van der Waals surface area contributed by atoms with Crippen molar-refractivity contribution in [2.45, 2.75) is 26.2 Å². The molecule has 4 heteroatoms. The molecule has 0 bridgehead atoms. The smallest absolute Gasteiger partial charge is 0.264 e. The fourth-order valence-electron chi connectivity index (χ4n) is 1.55. The maximum atomic E-state index is 10.7. The van der Waals surface area contributed by atoms with Gasteiger partial charge in [0.15, 0.2) is 0 Å². The van der Waals surface area contributed by atoms with Gasteiger partial charge in [-0.25, -0.2) is 5.10 Å². The third-order valence-corrected chi connectivity index (χ3v) is 3.03. The molecule has 1 aliphatic rings. The van der Waals surface area contributed by atoms with Gasteiger partial charge < -0.3 is 5.32 Å². The summed E-state index contributed by atoms with van der Waals surface area (Å²) in [5, 5.41) is 9.55. The molecule has 0 aliphatic heterocycles. The highest BCUT2D eigenvalue weighted by atomic mass is 16.1. The van der Waals surface area contributed by atoms with Crippen molar-refractivity contribution >= 4 is 5.82 Å². The van der Waals surface area contributed by atoms with Crippen LogP contribution in [0.4, 0.5) is 5.82 Å². The van der Waals surface area contributed by atoms with Gasteiger partial charge in [0.2, 0.25) is 0 Å². The number of hydrogen-bond acceptors (Lipinski definition) is 3. The second-order valence-electron chi connectivity index (χ2n) is 4.01. The summed E-state index contributed by atoms with van der Waals surface area (Å²) in [5.41, 5.74) is 0.338. The van der Waals surface area contributed by atoms with Crippen LogP contribution in [0.3, 0.4) is 0 Å². The first kappa shape index (κ1) is 9.24. The molecule has 0 amide bonds. The molecule has 4 nitrogen and oxygen atoms in total. The van der Waals surface area contributed by atoms with E-state index in [0.29, 0.717) is 5.41 Å². The lowest BCUT2D eigenvalue weighted by Crippen LogP contribution is -2.16. The van der Waals surface area contributed by atoms with Crippen molar-refractivity contribution in [3.63, 3.8) is 0 Å². The van der Waals surface area contributed by atoms with E-state index in [4.69, 9.17) is 0 Å². The van der Waals surface area contributed by atoms with Crippen LogP contribution in [0.1, 0.15) is 26.2 Å². The standard InChI is InChI=1S/C10H15N3O/c1-2-10(5-6-10)7-11-8-3-4-9(14)13-12-8/h3-4H,2,5-7H2,1H3,(H,11,12)(H,13,14). The van der Waals surface area contributed by atoms with E-state index in [2.05, 4.69) is 22.4 Å². The molecule has 0 saturated heterocycles. The van der Waals surface area contributed by atoms with E-state index in [1.807, 2.05) is 0 Å². The average molecular weight is 193 g/mol. The minimum Gasteiger partial charge on any atom is -0.368 e. The Morgan fingerprint density at radius 2 is 2.36 bits per heavy atom. The van der Waals surface area contributed by atoms with Crippen molar-refractivity contribution in [1.29, 1.82) is 0 Å². The summed E-state index contributed by atoms with van der Waals surface area (Å²) in [6.07, 6.45) is 3.82. The molecule has 0 atom stereocenters. The normalized spacial score (nSPS) is 17.8. The summed E-state index contributed by atoms with van der Waals surface area (Å²) in [7, 11) is 0. The van der Waals surface area contributed by atoms with E-state index in [1.54, 1.807) is 6.07 Å². The second kappa shape index (κ2) is 3.44. The Labute approximate surface area is 82.7 Å². The lowest BCUT2D eigenvalue weighted by molar-refractivity contribution is 0.520. The monoisotopic (exact) mass is 193 g/mol. The van der Waals surface area contributed by atoms with Gasteiger partial charge in [0, 0.05) is 12.6 Å². The summed E-state index contributed by atoms with van der Waals surface area (Å²) in [6, 6.07) is 3.20. The number of nitrogens with zero attached hydrogens (tertiary/aromatic N) is 1. The van der Waals surface area contributed by atoms with Crippen LogP contribution in [0.25, 0.3) is 0 Å². The summed E-state index contributed by atoms with van der Waals surface area (Å²) < 4.78 is 0. The topological polar surface area (TPSA) is 57.8 Å². The Kier molecular flexibility index (Phi) is 2.27. The summed E-state index contributed by atoms with van der Waals surface area (Å²) in [5.74, 6) is 0.754. The van der Waals surface area contributed by atoms with Crippen LogP contribution in [0.5, 0.6) is 0 Å². The molecule has 76 valence electrons. The molecule has 0 spiro atoms. The predicted octanol–water partition coefficient (Wildman–Crippen LogP) is 1.37. The van der Waals surface area contributed by atoms with Crippen molar-refractivity contribution < 1.29 is 0 Å². The molecule has 14 heavy (non-hydrogen) atoms. The second-order valence-corrected chi connectivity index (χ2v) is 4.01. The van der Waals surface area contributed by atoms with Gasteiger partial charge in [-0.3, -0.25) is 4.79 Å². The molecule has 1 aromatic heterocycles. The highest BCUT2D eigenvalue weighted by Crippen LogP contribution is 2.48. The van der Waals surface area contributed by atoms with Crippen LogP contribution in [0, 0.1) is 5.41 Å². The van der Waals surface area contributed by atoms with Gasteiger partial charge in [-0.05, 0) is 30.7 Å². The van der Waals surface area contributed by atoms with Crippen molar-refractivity contribution in [3.05, 3.63) is 22.5 Å². The van der Waals surface area contributed by atoms with Gasteiger partial charge in [-0.2, -0.15) is 5.10 Å². The molecule has 1 aromatic rings. The lowest BCUT2D eigenvalue weighted by atomic mass is 10.0. The Balaban J connectivity index is 1.92. The number of aromatic nitrogens is 2. The van der Waals surface area contributed by atoms with E-state index in [1.165, 1.54) is 25.3 Å². The number of rotatable bonds is 4. The van der Waals surface area contributed by atoms with E-state index in [9.17, 15) is 4.79 Å². The fourth-order valence-corrected chi connectivity index (χ4v) is 1.55. The average Bonchev–Trinajstić information content (AvgIpc) is 2.98. The minimum atomic E-state index is -0.160. The van der Waals surface area contributed by atoms with Crippen molar-refractivity contribution in [3.8, 4) is 0 Å². The van der Waals surface area contributed by atoms with E-state index in [0.717, 1.165) is 12.4 Å². The molecule has 1 heterocycles. The van der Waals surface area contributed by atoms with Gasteiger partial charge in [0.25, 0.3) is 5.56 Å². The minimum absolute atomic E-state index is 0.160. The molecule has 1 saturated carbocycles. The van der Waals surface area contributed by atoms with Crippen LogP contribution >= 0.6 is 0 Å². The van der Waals surface area contributed by atoms with E-state index in [-0.39, 0.29) is 5.56 Å². The number of nitrogens with one attached hydrogen (secondary N) is 2. The van der Waals surface area contributed by atoms with Crippen LogP contribution < -0.4 is 10.9 Å². The first-order valence-electron chi connectivity index (χ1n) is 5.04. The highest BCUT2D eigenvalue weighted by Gasteiger charge is 2.40.